The maximum Gasteiger partial charge on any atom is 0.326 e. The Labute approximate surface area is 92.3 Å². The minimum Gasteiger partial charge on any atom is -0.480 e. The molecule has 4 heteroatoms. The maximum atomic E-state index is 10.8. The summed E-state index contributed by atoms with van der Waals surface area (Å²) in [4.78, 5) is 22.8. The Kier molecular flexibility index (Phi) is 10.4. The molecule has 0 unspecified atom stereocenters. The summed E-state index contributed by atoms with van der Waals surface area (Å²) in [6.45, 7) is 9.99. The molecule has 0 spiro atoms. The van der Waals surface area contributed by atoms with Crippen LogP contribution in [0, 0.1) is 0 Å². The van der Waals surface area contributed by atoms with E-state index in [0.29, 0.717) is 13.0 Å². The van der Waals surface area contributed by atoms with Gasteiger partial charge in [0.25, 0.3) is 0 Å². The van der Waals surface area contributed by atoms with Crippen LogP contribution in [0.25, 0.3) is 0 Å². The van der Waals surface area contributed by atoms with E-state index in [9.17, 15) is 9.59 Å². The Morgan fingerprint density at radius 1 is 1.20 bits per heavy atom. The molecule has 0 aliphatic carbocycles. The van der Waals surface area contributed by atoms with Gasteiger partial charge in [0, 0.05) is 13.5 Å². The van der Waals surface area contributed by atoms with Gasteiger partial charge in [-0.3, -0.25) is 4.79 Å². The largest absolute Gasteiger partial charge is 0.480 e. The molecule has 0 aromatic carbocycles. The van der Waals surface area contributed by atoms with Crippen molar-refractivity contribution < 1.29 is 14.7 Å². The third-order valence-corrected chi connectivity index (χ3v) is 1.94. The molecule has 4 nitrogen and oxygen atoms in total. The molecule has 1 atom stereocenters. The van der Waals surface area contributed by atoms with Crippen molar-refractivity contribution in [3.05, 3.63) is 0 Å². The van der Waals surface area contributed by atoms with Crippen molar-refractivity contribution >= 4 is 11.9 Å². The van der Waals surface area contributed by atoms with E-state index >= 15 is 0 Å². The summed E-state index contributed by atoms with van der Waals surface area (Å²) in [5.74, 6) is -1.03. The van der Waals surface area contributed by atoms with Crippen molar-refractivity contribution in [2.24, 2.45) is 0 Å². The SMILES string of the molecule is CC.CC.CC(=O)N1CCC[C@H]1C(=O)O. The van der Waals surface area contributed by atoms with E-state index in [-0.39, 0.29) is 5.91 Å². The number of carboxylic acid groups (broad SMARTS) is 1. The molecule has 1 aliphatic heterocycles. The first-order valence-corrected chi connectivity index (χ1v) is 5.63. The standard InChI is InChI=1S/C7H11NO3.2C2H6/c1-5(9)8-4-2-3-6(8)7(10)11;2*1-2/h6H,2-4H2,1H3,(H,10,11);2*1-2H3/t6-;;/m0../s1. The molecule has 1 amide bonds. The number of hydrogen-bond acceptors (Lipinski definition) is 2. The lowest BCUT2D eigenvalue weighted by atomic mass is 10.2. The zero-order valence-electron chi connectivity index (χ0n) is 10.4. The van der Waals surface area contributed by atoms with Crippen LogP contribution in [0.3, 0.4) is 0 Å². The molecule has 90 valence electrons. The summed E-state index contributed by atoms with van der Waals surface area (Å²) in [7, 11) is 0. The van der Waals surface area contributed by atoms with E-state index in [1.807, 2.05) is 27.7 Å². The van der Waals surface area contributed by atoms with Gasteiger partial charge in [0.05, 0.1) is 0 Å². The van der Waals surface area contributed by atoms with E-state index < -0.39 is 12.0 Å². The van der Waals surface area contributed by atoms with Crippen molar-refractivity contribution in [2.75, 3.05) is 6.54 Å². The second-order valence-corrected chi connectivity index (χ2v) is 2.71. The lowest BCUT2D eigenvalue weighted by molar-refractivity contribution is -0.147. The van der Waals surface area contributed by atoms with Gasteiger partial charge in [-0.25, -0.2) is 4.79 Å². The Morgan fingerprint density at radius 3 is 1.93 bits per heavy atom. The minimum absolute atomic E-state index is 0.144. The molecular formula is C11H23NO3. The van der Waals surface area contributed by atoms with Gasteiger partial charge in [-0.1, -0.05) is 27.7 Å². The first-order valence-electron chi connectivity index (χ1n) is 5.63. The number of nitrogens with zero attached hydrogens (tertiary/aromatic N) is 1. The van der Waals surface area contributed by atoms with Gasteiger partial charge in [0.2, 0.25) is 5.91 Å². The third kappa shape index (κ3) is 5.40. The van der Waals surface area contributed by atoms with Gasteiger partial charge < -0.3 is 10.0 Å². The van der Waals surface area contributed by atoms with E-state index in [2.05, 4.69) is 0 Å². The number of aliphatic carboxylic acids is 1. The van der Waals surface area contributed by atoms with Crippen molar-refractivity contribution in [1.29, 1.82) is 0 Å². The first kappa shape index (κ1) is 16.4. The summed E-state index contributed by atoms with van der Waals surface area (Å²) < 4.78 is 0. The molecule has 1 rings (SSSR count). The van der Waals surface area contributed by atoms with Gasteiger partial charge in [-0.05, 0) is 12.8 Å². The normalized spacial score (nSPS) is 18.2. The predicted octanol–water partition coefficient (Wildman–Crippen LogP) is 2.13. The zero-order chi connectivity index (χ0) is 12.4. The summed E-state index contributed by atoms with van der Waals surface area (Å²) in [6, 6.07) is -0.576. The molecular weight excluding hydrogens is 194 g/mol. The monoisotopic (exact) mass is 217 g/mol. The second-order valence-electron chi connectivity index (χ2n) is 2.71. The van der Waals surface area contributed by atoms with Crippen molar-refractivity contribution in [2.45, 2.75) is 53.5 Å². The van der Waals surface area contributed by atoms with E-state index in [1.54, 1.807) is 0 Å². The molecule has 15 heavy (non-hydrogen) atoms. The number of carbonyl (C=O) groups excluding carboxylic acids is 1. The molecule has 1 aliphatic rings. The maximum absolute atomic E-state index is 10.8. The number of likely N-dealkylation sites (tertiary alicyclic amines) is 1. The highest BCUT2D eigenvalue weighted by atomic mass is 16.4. The van der Waals surface area contributed by atoms with Gasteiger partial charge >= 0.3 is 5.97 Å². The highest BCUT2D eigenvalue weighted by Gasteiger charge is 2.31. The minimum atomic E-state index is -0.891. The molecule has 1 heterocycles. The van der Waals surface area contributed by atoms with Gasteiger partial charge in [-0.2, -0.15) is 0 Å². The molecule has 1 fully saturated rings. The lowest BCUT2D eigenvalue weighted by Gasteiger charge is -2.18. The van der Waals surface area contributed by atoms with Crippen LogP contribution in [-0.2, 0) is 9.59 Å². The summed E-state index contributed by atoms with van der Waals surface area (Å²) >= 11 is 0. The quantitative estimate of drug-likeness (QED) is 0.732. The van der Waals surface area contributed by atoms with Crippen molar-refractivity contribution in [3.8, 4) is 0 Å². The van der Waals surface area contributed by atoms with Crippen LogP contribution in [0.5, 0.6) is 0 Å². The zero-order valence-corrected chi connectivity index (χ0v) is 10.4. The average molecular weight is 217 g/mol. The van der Waals surface area contributed by atoms with E-state index in [0.717, 1.165) is 6.42 Å². The van der Waals surface area contributed by atoms with Gasteiger partial charge in [0.15, 0.2) is 0 Å². The van der Waals surface area contributed by atoms with Crippen LogP contribution in [0.2, 0.25) is 0 Å². The van der Waals surface area contributed by atoms with E-state index in [1.165, 1.54) is 11.8 Å². The van der Waals surface area contributed by atoms with Crippen LogP contribution in [0.1, 0.15) is 47.5 Å². The van der Waals surface area contributed by atoms with Crippen molar-refractivity contribution in [3.63, 3.8) is 0 Å². The molecule has 0 radical (unpaired) electrons. The molecule has 1 N–H and O–H groups in total. The number of rotatable bonds is 1. The summed E-state index contributed by atoms with van der Waals surface area (Å²) in [6.07, 6.45) is 1.39. The first-order chi connectivity index (χ1) is 7.13. The highest BCUT2D eigenvalue weighted by Crippen LogP contribution is 2.16. The summed E-state index contributed by atoms with van der Waals surface area (Å²) in [5.41, 5.74) is 0. The Balaban J connectivity index is 0. The van der Waals surface area contributed by atoms with Gasteiger partial charge in [0.1, 0.15) is 6.04 Å². The topological polar surface area (TPSA) is 57.6 Å². The predicted molar refractivity (Wildman–Crippen MR) is 60.7 cm³/mol. The molecule has 0 saturated carbocycles. The fourth-order valence-corrected chi connectivity index (χ4v) is 1.40. The lowest BCUT2D eigenvalue weighted by Crippen LogP contribution is -2.38. The summed E-state index contributed by atoms with van der Waals surface area (Å²) in [5, 5.41) is 8.64. The Morgan fingerprint density at radius 2 is 1.67 bits per heavy atom. The van der Waals surface area contributed by atoms with Crippen LogP contribution < -0.4 is 0 Å². The van der Waals surface area contributed by atoms with Crippen LogP contribution >= 0.6 is 0 Å². The van der Waals surface area contributed by atoms with Crippen LogP contribution in [0.15, 0.2) is 0 Å². The molecule has 0 bridgehead atoms. The molecule has 0 aromatic rings. The fourth-order valence-electron chi connectivity index (χ4n) is 1.40. The average Bonchev–Trinajstić information content (AvgIpc) is 2.72. The Hall–Kier alpha value is -1.06. The Bertz CT molecular complexity index is 172. The molecule has 1 saturated heterocycles. The number of carboxylic acids is 1. The van der Waals surface area contributed by atoms with E-state index in [4.69, 9.17) is 5.11 Å². The number of carbonyl (C=O) groups is 2. The molecule has 0 aromatic heterocycles. The second kappa shape index (κ2) is 9.49. The van der Waals surface area contributed by atoms with Crippen LogP contribution in [-0.4, -0.2) is 34.5 Å². The fraction of sp³-hybridized carbons (Fsp3) is 0.818. The van der Waals surface area contributed by atoms with Crippen molar-refractivity contribution in [1.82, 2.24) is 4.90 Å². The number of amides is 1. The van der Waals surface area contributed by atoms with Crippen LogP contribution in [0.4, 0.5) is 0 Å². The third-order valence-electron chi connectivity index (χ3n) is 1.94. The number of hydrogen-bond donors (Lipinski definition) is 1. The highest BCUT2D eigenvalue weighted by molar-refractivity contribution is 5.82. The van der Waals surface area contributed by atoms with Gasteiger partial charge in [-0.15, -0.1) is 0 Å². The smallest absolute Gasteiger partial charge is 0.326 e.